The molecule has 72 valence electrons. The summed E-state index contributed by atoms with van der Waals surface area (Å²) >= 11 is 0. The lowest BCUT2D eigenvalue weighted by Gasteiger charge is -1.91. The number of para-hydroxylation sites is 1. The zero-order chi connectivity index (χ0) is 10.3. The highest BCUT2D eigenvalue weighted by Crippen LogP contribution is 2.25. The van der Waals surface area contributed by atoms with Gasteiger partial charge in [0.15, 0.2) is 6.29 Å². The van der Waals surface area contributed by atoms with Crippen molar-refractivity contribution in [3.63, 3.8) is 0 Å². The lowest BCUT2D eigenvalue weighted by atomic mass is 10.2. The maximum absolute atomic E-state index is 10.8. The van der Waals surface area contributed by atoms with Gasteiger partial charge in [0.1, 0.15) is 5.69 Å². The first-order valence-corrected chi connectivity index (χ1v) is 4.71. The van der Waals surface area contributed by atoms with E-state index in [1.807, 2.05) is 30.3 Å². The van der Waals surface area contributed by atoms with Gasteiger partial charge in [-0.1, -0.05) is 18.2 Å². The number of fused-ring (bicyclic) bond motifs is 3. The monoisotopic (exact) mass is 196 g/mol. The Labute approximate surface area is 85.8 Å². The van der Waals surface area contributed by atoms with E-state index in [4.69, 9.17) is 0 Å². The maximum Gasteiger partial charge on any atom is 0.170 e. The molecule has 0 atom stereocenters. The Morgan fingerprint density at radius 1 is 1.13 bits per heavy atom. The summed E-state index contributed by atoms with van der Waals surface area (Å²) in [6, 6.07) is 9.89. The summed E-state index contributed by atoms with van der Waals surface area (Å²) in [4.78, 5) is 18.0. The zero-order valence-electron chi connectivity index (χ0n) is 7.90. The number of aromatic amines is 1. The van der Waals surface area contributed by atoms with Gasteiger partial charge in [-0.25, -0.2) is 0 Å². The molecule has 0 aliphatic rings. The number of hydrogen-bond acceptors (Lipinski definition) is 2. The van der Waals surface area contributed by atoms with Crippen LogP contribution in [-0.4, -0.2) is 16.3 Å². The zero-order valence-corrected chi connectivity index (χ0v) is 7.90. The molecule has 0 spiro atoms. The summed E-state index contributed by atoms with van der Waals surface area (Å²) in [5.74, 6) is 0. The number of carbonyl (C=O) groups is 1. The van der Waals surface area contributed by atoms with Gasteiger partial charge in [-0.15, -0.1) is 0 Å². The lowest BCUT2D eigenvalue weighted by molar-refractivity contribution is 0.112. The Morgan fingerprint density at radius 3 is 2.87 bits per heavy atom. The molecule has 3 nitrogen and oxygen atoms in total. The maximum atomic E-state index is 10.8. The van der Waals surface area contributed by atoms with Crippen molar-refractivity contribution in [1.82, 2.24) is 9.97 Å². The van der Waals surface area contributed by atoms with Crippen molar-refractivity contribution in [3.8, 4) is 0 Å². The highest BCUT2D eigenvalue weighted by molar-refractivity contribution is 6.10. The van der Waals surface area contributed by atoms with E-state index < -0.39 is 0 Å². The van der Waals surface area contributed by atoms with Gasteiger partial charge >= 0.3 is 0 Å². The Balaban J connectivity index is 2.59. The number of pyridine rings is 1. The van der Waals surface area contributed by atoms with Crippen LogP contribution < -0.4 is 0 Å². The van der Waals surface area contributed by atoms with Gasteiger partial charge in [0.2, 0.25) is 0 Å². The van der Waals surface area contributed by atoms with Crippen molar-refractivity contribution in [2.75, 3.05) is 0 Å². The summed E-state index contributed by atoms with van der Waals surface area (Å²) in [7, 11) is 0. The molecule has 0 saturated carbocycles. The van der Waals surface area contributed by atoms with E-state index >= 15 is 0 Å². The van der Waals surface area contributed by atoms with Gasteiger partial charge < -0.3 is 4.98 Å². The molecule has 15 heavy (non-hydrogen) atoms. The van der Waals surface area contributed by atoms with Gasteiger partial charge in [-0.3, -0.25) is 9.78 Å². The molecule has 0 aliphatic heterocycles. The molecule has 0 radical (unpaired) electrons. The van der Waals surface area contributed by atoms with Crippen LogP contribution in [0.2, 0.25) is 0 Å². The highest BCUT2D eigenvalue weighted by atomic mass is 16.1. The number of carbonyl (C=O) groups excluding carboxylic acids is 1. The number of nitrogens with one attached hydrogen (secondary N) is 1. The predicted octanol–water partition coefficient (Wildman–Crippen LogP) is 2.53. The molecule has 3 heteroatoms. The topological polar surface area (TPSA) is 45.8 Å². The second-order valence-corrected chi connectivity index (χ2v) is 3.41. The van der Waals surface area contributed by atoms with Crippen LogP contribution in [0.4, 0.5) is 0 Å². The molecule has 2 heterocycles. The minimum absolute atomic E-state index is 0.462. The molecule has 3 rings (SSSR count). The van der Waals surface area contributed by atoms with Crippen LogP contribution in [0.1, 0.15) is 10.5 Å². The quantitative estimate of drug-likeness (QED) is 0.608. The molecule has 0 saturated heterocycles. The van der Waals surface area contributed by atoms with Crippen LogP contribution in [0.25, 0.3) is 21.8 Å². The Hall–Kier alpha value is -2.16. The number of nitrogens with zero attached hydrogens (tertiary/aromatic N) is 1. The number of benzene rings is 1. The first-order chi connectivity index (χ1) is 7.40. The van der Waals surface area contributed by atoms with Gasteiger partial charge in [-0.2, -0.15) is 0 Å². The van der Waals surface area contributed by atoms with E-state index in [9.17, 15) is 4.79 Å². The normalized spacial score (nSPS) is 10.9. The summed E-state index contributed by atoms with van der Waals surface area (Å²) in [5.41, 5.74) is 2.31. The van der Waals surface area contributed by atoms with E-state index in [2.05, 4.69) is 9.97 Å². The van der Waals surface area contributed by atoms with Crippen LogP contribution in [0.5, 0.6) is 0 Å². The van der Waals surface area contributed by atoms with Crippen molar-refractivity contribution in [1.29, 1.82) is 0 Å². The molecule has 1 N–H and O–H groups in total. The fourth-order valence-corrected chi connectivity index (χ4v) is 1.88. The molecule has 0 bridgehead atoms. The Bertz CT molecular complexity index is 655. The van der Waals surface area contributed by atoms with Gasteiger partial charge in [-0.05, 0) is 12.1 Å². The number of rotatable bonds is 1. The molecule has 1 aromatic carbocycles. The Kier molecular flexibility index (Phi) is 1.59. The van der Waals surface area contributed by atoms with Crippen molar-refractivity contribution in [2.45, 2.75) is 0 Å². The molecule has 0 amide bonds. The number of hydrogen-bond donors (Lipinski definition) is 1. The van der Waals surface area contributed by atoms with E-state index in [1.54, 1.807) is 6.20 Å². The number of aromatic nitrogens is 2. The molecule has 0 fully saturated rings. The highest BCUT2D eigenvalue weighted by Gasteiger charge is 2.06. The smallest absolute Gasteiger partial charge is 0.170 e. The minimum Gasteiger partial charge on any atom is -0.353 e. The van der Waals surface area contributed by atoms with E-state index in [0.717, 1.165) is 28.1 Å². The van der Waals surface area contributed by atoms with Crippen LogP contribution in [0.3, 0.4) is 0 Å². The van der Waals surface area contributed by atoms with Gasteiger partial charge in [0, 0.05) is 22.5 Å². The third-order valence-corrected chi connectivity index (χ3v) is 2.57. The molecule has 0 aliphatic carbocycles. The van der Waals surface area contributed by atoms with Crippen molar-refractivity contribution in [3.05, 3.63) is 42.2 Å². The van der Waals surface area contributed by atoms with Gasteiger partial charge in [0.25, 0.3) is 0 Å². The molecule has 2 aromatic heterocycles. The first kappa shape index (κ1) is 8.17. The van der Waals surface area contributed by atoms with Crippen LogP contribution in [0, 0.1) is 0 Å². The van der Waals surface area contributed by atoms with Crippen molar-refractivity contribution in [2.24, 2.45) is 0 Å². The minimum atomic E-state index is 0.462. The van der Waals surface area contributed by atoms with Crippen molar-refractivity contribution < 1.29 is 4.79 Å². The predicted molar refractivity (Wildman–Crippen MR) is 59.0 cm³/mol. The fraction of sp³-hybridized carbons (Fsp3) is 0. The molecular weight excluding hydrogens is 188 g/mol. The van der Waals surface area contributed by atoms with Crippen LogP contribution >= 0.6 is 0 Å². The average Bonchev–Trinajstić information content (AvgIpc) is 2.67. The third-order valence-electron chi connectivity index (χ3n) is 2.57. The summed E-state index contributed by atoms with van der Waals surface area (Å²) in [6.07, 6.45) is 2.43. The SMILES string of the molecule is O=Cc1nccc2c1[nH]c1ccccc12. The standard InChI is InChI=1S/C12H8N2O/c15-7-11-12-9(5-6-13-11)8-3-1-2-4-10(8)14-12/h1-7,14H. The summed E-state index contributed by atoms with van der Waals surface area (Å²) in [5, 5.41) is 2.17. The first-order valence-electron chi connectivity index (χ1n) is 4.71. The lowest BCUT2D eigenvalue weighted by Crippen LogP contribution is -1.86. The largest absolute Gasteiger partial charge is 0.353 e. The molecular formula is C12H8N2O. The van der Waals surface area contributed by atoms with E-state index in [0.29, 0.717) is 5.69 Å². The fourth-order valence-electron chi connectivity index (χ4n) is 1.88. The Morgan fingerprint density at radius 2 is 2.00 bits per heavy atom. The van der Waals surface area contributed by atoms with Gasteiger partial charge in [0.05, 0.1) is 5.52 Å². The second kappa shape index (κ2) is 2.92. The second-order valence-electron chi connectivity index (χ2n) is 3.41. The molecule has 3 aromatic rings. The molecule has 0 unspecified atom stereocenters. The number of aldehydes is 1. The van der Waals surface area contributed by atoms with Crippen molar-refractivity contribution >= 4 is 28.1 Å². The summed E-state index contributed by atoms with van der Waals surface area (Å²) in [6.45, 7) is 0. The van der Waals surface area contributed by atoms with E-state index in [1.165, 1.54) is 0 Å². The average molecular weight is 196 g/mol. The van der Waals surface area contributed by atoms with E-state index in [-0.39, 0.29) is 0 Å². The third kappa shape index (κ3) is 1.06. The summed E-state index contributed by atoms with van der Waals surface area (Å²) < 4.78 is 0. The van der Waals surface area contributed by atoms with Crippen LogP contribution in [0.15, 0.2) is 36.5 Å². The van der Waals surface area contributed by atoms with Crippen LogP contribution in [-0.2, 0) is 0 Å². The number of H-pyrrole nitrogens is 1.